The number of thioether (sulfide) groups is 1. The highest BCUT2D eigenvalue weighted by Gasteiger charge is 2.21. The third-order valence-electron chi connectivity index (χ3n) is 5.83. The van der Waals surface area contributed by atoms with Gasteiger partial charge in [0.15, 0.2) is 10.9 Å². The Balaban J connectivity index is 1.35. The molecule has 0 radical (unpaired) electrons. The first-order chi connectivity index (χ1) is 16.5. The highest BCUT2D eigenvalue weighted by Crippen LogP contribution is 2.25. The zero-order valence-corrected chi connectivity index (χ0v) is 20.4. The molecule has 184 valence electrons. The van der Waals surface area contributed by atoms with Crippen LogP contribution >= 0.6 is 11.8 Å². The first-order valence-electron chi connectivity index (χ1n) is 11.5. The van der Waals surface area contributed by atoms with Crippen molar-refractivity contribution in [2.45, 2.75) is 43.4 Å². The van der Waals surface area contributed by atoms with E-state index in [-0.39, 0.29) is 23.7 Å². The molecule has 1 atom stereocenters. The summed E-state index contributed by atoms with van der Waals surface area (Å²) >= 11 is 1.44. The fraction of sp³-hybridized carbons (Fsp3) is 0.565. The van der Waals surface area contributed by atoms with Crippen LogP contribution in [0.3, 0.4) is 0 Å². The number of amides is 2. The normalized spacial score (nSPS) is 18.4. The van der Waals surface area contributed by atoms with E-state index in [9.17, 15) is 9.59 Å². The Kier molecular flexibility index (Phi) is 8.41. The molecule has 2 aromatic rings. The fourth-order valence-electron chi connectivity index (χ4n) is 3.97. The van der Waals surface area contributed by atoms with Crippen LogP contribution in [0.15, 0.2) is 27.8 Å². The second-order valence-corrected chi connectivity index (χ2v) is 9.27. The fourth-order valence-corrected chi connectivity index (χ4v) is 4.74. The quantitative estimate of drug-likeness (QED) is 0.418. The molecular weight excluding hydrogens is 458 g/mol. The van der Waals surface area contributed by atoms with E-state index in [1.165, 1.54) is 11.8 Å². The molecule has 2 aliphatic rings. The number of aromatic nitrogens is 2. The van der Waals surface area contributed by atoms with Crippen molar-refractivity contribution in [2.75, 3.05) is 51.3 Å². The average Bonchev–Trinajstić information content (AvgIpc) is 3.54. The van der Waals surface area contributed by atoms with Crippen molar-refractivity contribution in [2.24, 2.45) is 0 Å². The lowest BCUT2D eigenvalue weighted by Gasteiger charge is -2.35. The maximum absolute atomic E-state index is 12.4. The predicted octanol–water partition coefficient (Wildman–Crippen LogP) is 2.09. The van der Waals surface area contributed by atoms with E-state index >= 15 is 0 Å². The molecule has 0 saturated carbocycles. The van der Waals surface area contributed by atoms with Gasteiger partial charge in [0.1, 0.15) is 11.6 Å². The van der Waals surface area contributed by atoms with Gasteiger partial charge in [0.25, 0.3) is 5.91 Å². The number of piperazine rings is 1. The summed E-state index contributed by atoms with van der Waals surface area (Å²) in [4.78, 5) is 37.3. The Morgan fingerprint density at radius 1 is 1.24 bits per heavy atom. The summed E-state index contributed by atoms with van der Waals surface area (Å²) in [6, 6.07) is 5.41. The number of hydrogen-bond donors (Lipinski definition) is 1. The molecule has 2 amide bonds. The molecule has 34 heavy (non-hydrogen) atoms. The number of rotatable bonds is 9. The molecule has 0 spiro atoms. The minimum Gasteiger partial charge on any atom is -0.455 e. The molecule has 0 bridgehead atoms. The molecule has 2 fully saturated rings. The molecule has 11 heteroatoms. The third kappa shape index (κ3) is 6.49. The second kappa shape index (κ2) is 11.7. The van der Waals surface area contributed by atoms with Crippen molar-refractivity contribution >= 4 is 29.4 Å². The number of carbonyl (C=O) groups excluding carboxylic acids is 2. The SMILES string of the molecule is COCc1cc(N2CCN(C(C)=O)CC2)nc(SCc2ccc(C(=O)NC[C@H]3CCCO3)o2)n1. The maximum atomic E-state index is 12.4. The van der Waals surface area contributed by atoms with Crippen LogP contribution in [0.5, 0.6) is 0 Å². The van der Waals surface area contributed by atoms with Crippen LogP contribution in [0.2, 0.25) is 0 Å². The largest absolute Gasteiger partial charge is 0.455 e. The highest BCUT2D eigenvalue weighted by atomic mass is 32.2. The van der Waals surface area contributed by atoms with Gasteiger partial charge in [0, 0.05) is 59.4 Å². The number of ether oxygens (including phenoxy) is 2. The van der Waals surface area contributed by atoms with E-state index in [1.807, 2.05) is 11.0 Å². The molecule has 0 unspecified atom stereocenters. The van der Waals surface area contributed by atoms with Crippen LogP contribution in [-0.2, 0) is 26.6 Å². The molecule has 4 heterocycles. The lowest BCUT2D eigenvalue weighted by Crippen LogP contribution is -2.48. The van der Waals surface area contributed by atoms with Crippen molar-refractivity contribution in [1.29, 1.82) is 0 Å². The number of methoxy groups -OCH3 is 1. The van der Waals surface area contributed by atoms with Crippen molar-refractivity contribution in [3.05, 3.63) is 35.4 Å². The number of furan rings is 1. The molecule has 1 N–H and O–H groups in total. The highest BCUT2D eigenvalue weighted by molar-refractivity contribution is 7.98. The van der Waals surface area contributed by atoms with Gasteiger partial charge in [-0.15, -0.1) is 0 Å². The molecule has 4 rings (SSSR count). The number of hydrogen-bond acceptors (Lipinski definition) is 9. The zero-order chi connectivity index (χ0) is 23.9. The Hall–Kier alpha value is -2.63. The van der Waals surface area contributed by atoms with Gasteiger partial charge < -0.3 is 29.0 Å². The maximum Gasteiger partial charge on any atom is 0.287 e. The van der Waals surface area contributed by atoms with Crippen LogP contribution < -0.4 is 10.2 Å². The Morgan fingerprint density at radius 3 is 2.76 bits per heavy atom. The van der Waals surface area contributed by atoms with Crippen molar-refractivity contribution in [1.82, 2.24) is 20.2 Å². The topological polar surface area (TPSA) is 110 Å². The lowest BCUT2D eigenvalue weighted by molar-refractivity contribution is -0.129. The third-order valence-corrected chi connectivity index (χ3v) is 6.70. The van der Waals surface area contributed by atoms with Gasteiger partial charge in [-0.2, -0.15) is 0 Å². The van der Waals surface area contributed by atoms with Crippen LogP contribution in [0.4, 0.5) is 5.82 Å². The van der Waals surface area contributed by atoms with Crippen molar-refractivity contribution in [3.8, 4) is 0 Å². The van der Waals surface area contributed by atoms with Crippen LogP contribution in [0.1, 0.15) is 41.8 Å². The number of nitrogens with zero attached hydrogens (tertiary/aromatic N) is 4. The smallest absolute Gasteiger partial charge is 0.287 e. The summed E-state index contributed by atoms with van der Waals surface area (Å²) in [7, 11) is 1.63. The predicted molar refractivity (Wildman–Crippen MR) is 127 cm³/mol. The number of carbonyl (C=O) groups is 2. The standard InChI is InChI=1S/C23H31N5O5S/c1-16(29)27-7-9-28(10-8-27)21-12-17(14-31-2)25-23(26-21)34-15-19-5-6-20(33-19)22(30)24-13-18-4-3-11-32-18/h5-6,12,18H,3-4,7-11,13-15H2,1-2H3,(H,24,30)/t18-/m1/s1. The van der Waals surface area contributed by atoms with Gasteiger partial charge in [-0.25, -0.2) is 9.97 Å². The van der Waals surface area contributed by atoms with Gasteiger partial charge in [-0.3, -0.25) is 9.59 Å². The minimum absolute atomic E-state index is 0.0881. The monoisotopic (exact) mass is 489 g/mol. The number of nitrogens with one attached hydrogen (secondary N) is 1. The van der Waals surface area contributed by atoms with E-state index in [4.69, 9.17) is 18.9 Å². The summed E-state index contributed by atoms with van der Waals surface area (Å²) in [6.07, 6.45) is 2.09. The lowest BCUT2D eigenvalue weighted by atomic mass is 10.2. The number of anilines is 1. The first kappa shape index (κ1) is 24.5. The summed E-state index contributed by atoms with van der Waals surface area (Å²) in [6.45, 7) is 6.01. The van der Waals surface area contributed by atoms with Gasteiger partial charge in [0.05, 0.1) is 24.2 Å². The zero-order valence-electron chi connectivity index (χ0n) is 19.6. The van der Waals surface area contributed by atoms with E-state index < -0.39 is 0 Å². The van der Waals surface area contributed by atoms with Gasteiger partial charge in [0.2, 0.25) is 5.91 Å². The van der Waals surface area contributed by atoms with Gasteiger partial charge in [-0.1, -0.05) is 11.8 Å². The van der Waals surface area contributed by atoms with Crippen LogP contribution in [-0.4, -0.2) is 79.2 Å². The van der Waals surface area contributed by atoms with Crippen molar-refractivity contribution in [3.63, 3.8) is 0 Å². The second-order valence-electron chi connectivity index (χ2n) is 8.33. The van der Waals surface area contributed by atoms with Crippen LogP contribution in [0.25, 0.3) is 0 Å². The summed E-state index contributed by atoms with van der Waals surface area (Å²) < 4.78 is 16.6. The van der Waals surface area contributed by atoms with E-state index in [2.05, 4.69) is 15.2 Å². The molecule has 10 nitrogen and oxygen atoms in total. The van der Waals surface area contributed by atoms with E-state index in [0.29, 0.717) is 42.9 Å². The first-order valence-corrected chi connectivity index (χ1v) is 12.5. The van der Waals surface area contributed by atoms with E-state index in [1.54, 1.807) is 26.2 Å². The Morgan fingerprint density at radius 2 is 2.06 bits per heavy atom. The minimum atomic E-state index is -0.239. The molecule has 0 aliphatic carbocycles. The van der Waals surface area contributed by atoms with Gasteiger partial charge in [-0.05, 0) is 25.0 Å². The summed E-state index contributed by atoms with van der Waals surface area (Å²) in [5.74, 6) is 2.12. The summed E-state index contributed by atoms with van der Waals surface area (Å²) in [5.41, 5.74) is 0.789. The average molecular weight is 490 g/mol. The molecular formula is C23H31N5O5S. The Bertz CT molecular complexity index is 986. The molecule has 0 aromatic carbocycles. The summed E-state index contributed by atoms with van der Waals surface area (Å²) in [5, 5.41) is 3.48. The van der Waals surface area contributed by atoms with Crippen LogP contribution in [0, 0.1) is 0 Å². The van der Waals surface area contributed by atoms with Gasteiger partial charge >= 0.3 is 0 Å². The molecule has 2 aromatic heterocycles. The van der Waals surface area contributed by atoms with Crippen molar-refractivity contribution < 1.29 is 23.5 Å². The Labute approximate surface area is 203 Å². The molecule has 2 saturated heterocycles. The van der Waals surface area contributed by atoms with E-state index in [0.717, 1.165) is 44.0 Å². The molecule has 2 aliphatic heterocycles.